The van der Waals surface area contributed by atoms with E-state index in [2.05, 4.69) is 15.2 Å². The highest BCUT2D eigenvalue weighted by Crippen LogP contribution is 2.53. The Morgan fingerprint density at radius 2 is 1.54 bits per heavy atom. The third-order valence-corrected chi connectivity index (χ3v) is 9.53. The fourth-order valence-electron chi connectivity index (χ4n) is 7.62. The Bertz CT molecular complexity index is 1540. The third kappa shape index (κ3) is 4.42. The van der Waals surface area contributed by atoms with Crippen LogP contribution in [0.3, 0.4) is 0 Å². The number of aromatic nitrogens is 2. The molecule has 3 saturated carbocycles. The number of anilines is 1. The highest BCUT2D eigenvalue weighted by molar-refractivity contribution is 6.04. The molecule has 0 saturated heterocycles. The Morgan fingerprint density at radius 1 is 0.795 bits per heavy atom. The van der Waals surface area contributed by atoms with Gasteiger partial charge in [0.05, 0.1) is 11.0 Å². The monoisotopic (exact) mass is 518 g/mol. The topological polar surface area (TPSA) is 76.0 Å². The summed E-state index contributed by atoms with van der Waals surface area (Å²) in [5.41, 5.74) is 4.76. The molecule has 4 aromatic rings. The molecule has 3 aromatic carbocycles. The second-order valence-corrected chi connectivity index (χ2v) is 11.8. The number of nitrogens with one attached hydrogen (secondary N) is 2. The molecule has 1 aromatic heterocycles. The first kappa shape index (κ1) is 24.1. The number of hydrogen-bond donors (Lipinski definition) is 2. The number of nitrogens with zero attached hydrogens (tertiary/aromatic N) is 2. The lowest BCUT2D eigenvalue weighted by atomic mass is 9.75. The van der Waals surface area contributed by atoms with Crippen LogP contribution < -0.4 is 10.6 Å². The Hall–Kier alpha value is -3.93. The van der Waals surface area contributed by atoms with Gasteiger partial charge in [-0.3, -0.25) is 9.59 Å². The lowest BCUT2D eigenvalue weighted by Crippen LogP contribution is -2.47. The fourth-order valence-corrected chi connectivity index (χ4v) is 7.62. The molecule has 0 aliphatic heterocycles. The van der Waals surface area contributed by atoms with Crippen LogP contribution in [0, 0.1) is 23.7 Å². The summed E-state index contributed by atoms with van der Waals surface area (Å²) in [6.07, 6.45) is 7.85. The summed E-state index contributed by atoms with van der Waals surface area (Å²) in [5.74, 6) is 3.78. The number of hydrogen-bond acceptors (Lipinski definition) is 3. The van der Waals surface area contributed by atoms with Gasteiger partial charge in [0, 0.05) is 35.5 Å². The number of carbonyl (C=O) groups is 2. The summed E-state index contributed by atoms with van der Waals surface area (Å²) in [6.45, 7) is 0. The molecular weight excluding hydrogens is 484 g/mol. The van der Waals surface area contributed by atoms with Crippen molar-refractivity contribution < 1.29 is 9.59 Å². The van der Waals surface area contributed by atoms with Crippen LogP contribution >= 0.6 is 0 Å². The summed E-state index contributed by atoms with van der Waals surface area (Å²) < 4.78 is 2.05. The number of rotatable bonds is 5. The van der Waals surface area contributed by atoms with E-state index in [4.69, 9.17) is 4.98 Å². The van der Waals surface area contributed by atoms with Crippen molar-refractivity contribution >= 4 is 28.5 Å². The van der Waals surface area contributed by atoms with Crippen molar-refractivity contribution in [2.45, 2.75) is 44.6 Å². The van der Waals surface area contributed by atoms with Gasteiger partial charge in [-0.1, -0.05) is 31.0 Å². The Kier molecular flexibility index (Phi) is 5.98. The minimum Gasteiger partial charge on any atom is -0.349 e. The summed E-state index contributed by atoms with van der Waals surface area (Å²) >= 11 is 0. The van der Waals surface area contributed by atoms with Crippen LogP contribution in [0.1, 0.15) is 59.2 Å². The van der Waals surface area contributed by atoms with E-state index in [1.54, 1.807) is 12.1 Å². The van der Waals surface area contributed by atoms with Gasteiger partial charge in [-0.05, 0) is 104 Å². The number of aryl methyl sites for hydroxylation is 1. The summed E-state index contributed by atoms with van der Waals surface area (Å²) in [4.78, 5) is 30.8. The molecule has 3 bridgehead atoms. The minimum absolute atomic E-state index is 0.0279. The maximum atomic E-state index is 13.4. The normalized spacial score (nSPS) is 25.4. The second kappa shape index (κ2) is 9.67. The van der Waals surface area contributed by atoms with Gasteiger partial charge in [-0.15, -0.1) is 0 Å². The lowest BCUT2D eigenvalue weighted by Gasteiger charge is -2.37. The van der Waals surface area contributed by atoms with E-state index in [1.807, 2.05) is 67.7 Å². The molecule has 39 heavy (non-hydrogen) atoms. The van der Waals surface area contributed by atoms with Gasteiger partial charge in [0.1, 0.15) is 5.82 Å². The number of imidazole rings is 1. The fraction of sp³-hybridized carbons (Fsp3) is 0.364. The average Bonchev–Trinajstić information content (AvgIpc) is 3.42. The molecule has 3 aliphatic rings. The molecule has 2 amide bonds. The van der Waals surface area contributed by atoms with Crippen LogP contribution in [0.15, 0.2) is 72.8 Å². The molecule has 3 aliphatic carbocycles. The first-order valence-corrected chi connectivity index (χ1v) is 14.3. The van der Waals surface area contributed by atoms with E-state index in [1.165, 1.54) is 38.5 Å². The summed E-state index contributed by atoms with van der Waals surface area (Å²) in [7, 11) is 1.99. The largest absolute Gasteiger partial charge is 0.349 e. The zero-order chi connectivity index (χ0) is 26.5. The SMILES string of the molecule is Cn1c(-c2ccc(NC(=O)c3ccccc3)cc2)nc2cc(C(=O)NC3C4CC5C[C@@H]3CCC[C@H]5C4)ccc21. The molecule has 198 valence electrons. The van der Waals surface area contributed by atoms with E-state index in [-0.39, 0.29) is 11.8 Å². The van der Waals surface area contributed by atoms with Gasteiger partial charge < -0.3 is 15.2 Å². The first-order valence-electron chi connectivity index (χ1n) is 14.3. The van der Waals surface area contributed by atoms with Crippen LogP contribution in [0.2, 0.25) is 0 Å². The highest BCUT2D eigenvalue weighted by atomic mass is 16.2. The van der Waals surface area contributed by atoms with Crippen LogP contribution in [0.4, 0.5) is 5.69 Å². The minimum atomic E-state index is -0.138. The molecule has 6 heteroatoms. The first-order chi connectivity index (χ1) is 19.0. The molecule has 0 radical (unpaired) electrons. The van der Waals surface area contributed by atoms with Crippen molar-refractivity contribution in [1.82, 2.24) is 14.9 Å². The quantitative estimate of drug-likeness (QED) is 0.319. The van der Waals surface area contributed by atoms with E-state index < -0.39 is 0 Å². The van der Waals surface area contributed by atoms with Gasteiger partial charge in [0.25, 0.3) is 11.8 Å². The van der Waals surface area contributed by atoms with Crippen LogP contribution in [-0.2, 0) is 7.05 Å². The Labute approximate surface area is 228 Å². The number of amides is 2. The van der Waals surface area contributed by atoms with Crippen molar-refractivity contribution in [3.8, 4) is 11.4 Å². The molecule has 7 rings (SSSR count). The molecule has 5 atom stereocenters. The molecular formula is C33H34N4O2. The third-order valence-electron chi connectivity index (χ3n) is 9.53. The predicted molar refractivity (Wildman–Crippen MR) is 153 cm³/mol. The van der Waals surface area contributed by atoms with Gasteiger partial charge in [-0.2, -0.15) is 0 Å². The highest BCUT2D eigenvalue weighted by Gasteiger charge is 2.48. The molecule has 3 unspecified atom stereocenters. The smallest absolute Gasteiger partial charge is 0.255 e. The Morgan fingerprint density at radius 3 is 2.36 bits per heavy atom. The second-order valence-electron chi connectivity index (χ2n) is 11.8. The lowest BCUT2D eigenvalue weighted by molar-refractivity contribution is 0.0863. The summed E-state index contributed by atoms with van der Waals surface area (Å²) in [5, 5.41) is 6.41. The van der Waals surface area contributed by atoms with Gasteiger partial charge in [0.15, 0.2) is 0 Å². The maximum absolute atomic E-state index is 13.4. The Balaban J connectivity index is 1.08. The molecule has 3 fully saturated rings. The van der Waals surface area contributed by atoms with Crippen LogP contribution in [-0.4, -0.2) is 27.4 Å². The van der Waals surface area contributed by atoms with Crippen LogP contribution in [0.5, 0.6) is 0 Å². The van der Waals surface area contributed by atoms with Crippen molar-refractivity contribution in [2.75, 3.05) is 5.32 Å². The van der Waals surface area contributed by atoms with Gasteiger partial charge in [0.2, 0.25) is 0 Å². The standard InChI is InChI=1S/C33H34N4O2/c1-37-29-15-12-24(33(39)36-30-23-9-5-8-22-16-26(30)18-25(22)17-23)19-28(29)35-31(37)20-10-13-27(14-11-20)34-32(38)21-6-3-2-4-7-21/h2-4,6-7,10-15,19,22-23,25-26,30H,5,8-9,16-18H2,1H3,(H,34,38)(H,36,39)/t22-,23-,25?,26?,30?/m0/s1. The molecule has 6 nitrogen and oxygen atoms in total. The molecule has 1 heterocycles. The predicted octanol–water partition coefficient (Wildman–Crippen LogP) is 6.44. The van der Waals surface area contributed by atoms with Crippen molar-refractivity contribution in [3.05, 3.63) is 83.9 Å². The number of fused-ring (bicyclic) bond motifs is 3. The zero-order valence-corrected chi connectivity index (χ0v) is 22.3. The van der Waals surface area contributed by atoms with Crippen molar-refractivity contribution in [2.24, 2.45) is 30.7 Å². The van der Waals surface area contributed by atoms with E-state index >= 15 is 0 Å². The number of carbonyl (C=O) groups excluding carboxylic acids is 2. The molecule has 2 N–H and O–H groups in total. The maximum Gasteiger partial charge on any atom is 0.255 e. The van der Waals surface area contributed by atoms with Crippen LogP contribution in [0.25, 0.3) is 22.4 Å². The number of benzene rings is 3. The zero-order valence-electron chi connectivity index (χ0n) is 22.3. The van der Waals surface area contributed by atoms with Gasteiger partial charge >= 0.3 is 0 Å². The van der Waals surface area contributed by atoms with Gasteiger partial charge in [-0.25, -0.2) is 4.98 Å². The average molecular weight is 519 g/mol. The van der Waals surface area contributed by atoms with Crippen molar-refractivity contribution in [3.63, 3.8) is 0 Å². The van der Waals surface area contributed by atoms with E-state index in [0.717, 1.165) is 39.9 Å². The molecule has 0 spiro atoms. The van der Waals surface area contributed by atoms with E-state index in [0.29, 0.717) is 29.0 Å². The van der Waals surface area contributed by atoms with Crippen molar-refractivity contribution in [1.29, 1.82) is 0 Å². The van der Waals surface area contributed by atoms with E-state index in [9.17, 15) is 9.59 Å². The summed E-state index contributed by atoms with van der Waals surface area (Å²) in [6, 6.07) is 23.0.